The highest BCUT2D eigenvalue weighted by Gasteiger charge is 2.28. The van der Waals surface area contributed by atoms with Crippen LogP contribution >= 0.6 is 0 Å². The number of carbonyl (C=O) groups is 3. The van der Waals surface area contributed by atoms with E-state index in [1.165, 1.54) is 6.42 Å². The van der Waals surface area contributed by atoms with Crippen LogP contribution in [-0.2, 0) is 11.2 Å². The molecule has 4 N–H and O–H groups in total. The number of hydrogen-bond donors (Lipinski definition) is 4. The van der Waals surface area contributed by atoms with Gasteiger partial charge in [-0.25, -0.2) is 4.79 Å². The number of amides is 4. The maximum atomic E-state index is 13.8. The SMILES string of the molecule is CCCCCNc1cc(C(=O)NC(Cc2ccccc2)C(O)CN(CC)C(=O)NC2CCCCC2)cc(N2CCCC2=O)c1. The lowest BCUT2D eigenvalue weighted by Crippen LogP contribution is -2.53. The number of likely N-dealkylation sites (N-methyl/N-ethyl adjacent to an activating group) is 1. The molecule has 240 valence electrons. The Morgan fingerprint density at radius 1 is 1.02 bits per heavy atom. The second-order valence-corrected chi connectivity index (χ2v) is 12.2. The fraction of sp³-hybridized carbons (Fsp3) is 0.571. The molecule has 2 aromatic rings. The molecule has 1 saturated carbocycles. The summed E-state index contributed by atoms with van der Waals surface area (Å²) in [6.45, 7) is 6.01. The molecule has 0 aromatic heterocycles. The van der Waals surface area contributed by atoms with Gasteiger partial charge in [0.2, 0.25) is 5.91 Å². The van der Waals surface area contributed by atoms with Gasteiger partial charge in [-0.1, -0.05) is 69.4 Å². The first-order valence-corrected chi connectivity index (χ1v) is 16.7. The monoisotopic (exact) mass is 605 g/mol. The Hall–Kier alpha value is -3.59. The van der Waals surface area contributed by atoms with Crippen LogP contribution in [0.2, 0.25) is 0 Å². The van der Waals surface area contributed by atoms with E-state index in [0.29, 0.717) is 37.2 Å². The second kappa shape index (κ2) is 17.0. The number of nitrogens with zero attached hydrogens (tertiary/aromatic N) is 2. The molecule has 2 unspecified atom stereocenters. The number of hydrogen-bond acceptors (Lipinski definition) is 5. The maximum absolute atomic E-state index is 13.8. The van der Waals surface area contributed by atoms with Gasteiger partial charge in [0.05, 0.1) is 18.7 Å². The van der Waals surface area contributed by atoms with Crippen LogP contribution in [0.15, 0.2) is 48.5 Å². The molecule has 1 aliphatic carbocycles. The number of aliphatic hydroxyl groups excluding tert-OH is 1. The largest absolute Gasteiger partial charge is 0.389 e. The molecular weight excluding hydrogens is 554 g/mol. The minimum Gasteiger partial charge on any atom is -0.389 e. The average Bonchev–Trinajstić information content (AvgIpc) is 3.48. The van der Waals surface area contributed by atoms with Crippen LogP contribution in [-0.4, -0.2) is 72.2 Å². The number of rotatable bonds is 15. The van der Waals surface area contributed by atoms with Crippen LogP contribution in [0.25, 0.3) is 0 Å². The third-order valence-corrected chi connectivity index (χ3v) is 8.76. The first kappa shape index (κ1) is 33.3. The van der Waals surface area contributed by atoms with Gasteiger partial charge in [-0.2, -0.15) is 0 Å². The van der Waals surface area contributed by atoms with E-state index in [0.717, 1.165) is 69.2 Å². The van der Waals surface area contributed by atoms with E-state index in [1.54, 1.807) is 15.9 Å². The summed E-state index contributed by atoms with van der Waals surface area (Å²) in [5.41, 5.74) is 2.89. The Bertz CT molecular complexity index is 1220. The molecule has 9 heteroatoms. The maximum Gasteiger partial charge on any atom is 0.317 e. The molecule has 0 spiro atoms. The van der Waals surface area contributed by atoms with Crippen molar-refractivity contribution in [1.29, 1.82) is 0 Å². The van der Waals surface area contributed by atoms with Crippen LogP contribution in [0.1, 0.15) is 94.0 Å². The Labute approximate surface area is 262 Å². The van der Waals surface area contributed by atoms with Gasteiger partial charge < -0.3 is 30.9 Å². The summed E-state index contributed by atoms with van der Waals surface area (Å²) in [5, 5.41) is 21.2. The highest BCUT2D eigenvalue weighted by Crippen LogP contribution is 2.27. The molecule has 1 saturated heterocycles. The number of anilines is 2. The van der Waals surface area contributed by atoms with Gasteiger partial charge in [-0.05, 0) is 62.8 Å². The van der Waals surface area contributed by atoms with E-state index in [4.69, 9.17) is 0 Å². The minimum atomic E-state index is -0.994. The van der Waals surface area contributed by atoms with Crippen LogP contribution in [0.4, 0.5) is 16.2 Å². The second-order valence-electron chi connectivity index (χ2n) is 12.2. The summed E-state index contributed by atoms with van der Waals surface area (Å²) < 4.78 is 0. The molecule has 1 aliphatic heterocycles. The minimum absolute atomic E-state index is 0.0584. The Morgan fingerprint density at radius 3 is 2.48 bits per heavy atom. The molecule has 4 rings (SSSR count). The summed E-state index contributed by atoms with van der Waals surface area (Å²) in [7, 11) is 0. The van der Waals surface area contributed by atoms with Crippen molar-refractivity contribution < 1.29 is 19.5 Å². The molecule has 1 heterocycles. The molecule has 0 radical (unpaired) electrons. The van der Waals surface area contributed by atoms with Crippen molar-refractivity contribution in [3.8, 4) is 0 Å². The van der Waals surface area contributed by atoms with Gasteiger partial charge in [0.1, 0.15) is 0 Å². The fourth-order valence-electron chi connectivity index (χ4n) is 6.15. The van der Waals surface area contributed by atoms with Gasteiger partial charge in [-0.15, -0.1) is 0 Å². The van der Waals surface area contributed by atoms with Crippen molar-refractivity contribution in [3.05, 3.63) is 59.7 Å². The van der Waals surface area contributed by atoms with E-state index in [1.807, 2.05) is 49.4 Å². The summed E-state index contributed by atoms with van der Waals surface area (Å²) in [4.78, 5) is 42.9. The van der Waals surface area contributed by atoms with Gasteiger partial charge in [-0.3, -0.25) is 9.59 Å². The summed E-state index contributed by atoms with van der Waals surface area (Å²) in [6, 6.07) is 14.6. The van der Waals surface area contributed by atoms with Crippen molar-refractivity contribution in [2.24, 2.45) is 0 Å². The zero-order chi connectivity index (χ0) is 31.3. The fourth-order valence-corrected chi connectivity index (χ4v) is 6.15. The highest BCUT2D eigenvalue weighted by atomic mass is 16.3. The van der Waals surface area contributed by atoms with E-state index >= 15 is 0 Å². The quantitative estimate of drug-likeness (QED) is 0.201. The number of urea groups is 1. The zero-order valence-corrected chi connectivity index (χ0v) is 26.5. The van der Waals surface area contributed by atoms with Crippen LogP contribution in [0.3, 0.4) is 0 Å². The molecule has 44 heavy (non-hydrogen) atoms. The topological polar surface area (TPSA) is 114 Å². The average molecular weight is 606 g/mol. The number of benzene rings is 2. The van der Waals surface area contributed by atoms with Crippen molar-refractivity contribution in [2.45, 2.75) is 103 Å². The summed E-state index contributed by atoms with van der Waals surface area (Å²) in [6.07, 6.45) is 9.35. The summed E-state index contributed by atoms with van der Waals surface area (Å²) in [5.74, 6) is -0.271. The van der Waals surface area contributed by atoms with E-state index in [-0.39, 0.29) is 30.4 Å². The molecule has 2 atom stereocenters. The van der Waals surface area contributed by atoms with Crippen molar-refractivity contribution >= 4 is 29.2 Å². The lowest BCUT2D eigenvalue weighted by Gasteiger charge is -2.32. The molecule has 2 aliphatic rings. The van der Waals surface area contributed by atoms with Crippen molar-refractivity contribution in [2.75, 3.05) is 36.4 Å². The van der Waals surface area contributed by atoms with Crippen molar-refractivity contribution in [3.63, 3.8) is 0 Å². The third kappa shape index (κ3) is 9.71. The molecule has 4 amide bonds. The number of nitrogens with one attached hydrogen (secondary N) is 3. The first-order valence-electron chi connectivity index (χ1n) is 16.7. The predicted molar refractivity (Wildman–Crippen MR) is 176 cm³/mol. The molecule has 2 fully saturated rings. The first-order chi connectivity index (χ1) is 21.4. The van der Waals surface area contributed by atoms with Crippen molar-refractivity contribution in [1.82, 2.24) is 15.5 Å². The van der Waals surface area contributed by atoms with E-state index < -0.39 is 12.1 Å². The molecular formula is C35H51N5O4. The lowest BCUT2D eigenvalue weighted by molar-refractivity contribution is -0.117. The predicted octanol–water partition coefficient (Wildman–Crippen LogP) is 5.48. The molecule has 9 nitrogen and oxygen atoms in total. The van der Waals surface area contributed by atoms with E-state index in [9.17, 15) is 19.5 Å². The van der Waals surface area contributed by atoms with Gasteiger partial charge in [0.15, 0.2) is 0 Å². The van der Waals surface area contributed by atoms with Crippen LogP contribution < -0.4 is 20.9 Å². The molecule has 2 aromatic carbocycles. The van der Waals surface area contributed by atoms with Gasteiger partial charge >= 0.3 is 6.03 Å². The van der Waals surface area contributed by atoms with Crippen LogP contribution in [0.5, 0.6) is 0 Å². The third-order valence-electron chi connectivity index (χ3n) is 8.76. The lowest BCUT2D eigenvalue weighted by atomic mass is 9.96. The smallest absolute Gasteiger partial charge is 0.317 e. The highest BCUT2D eigenvalue weighted by molar-refractivity contribution is 6.00. The normalized spacial score (nSPS) is 16.8. The number of carbonyl (C=O) groups excluding carboxylic acids is 3. The van der Waals surface area contributed by atoms with Gasteiger partial charge in [0, 0.05) is 49.0 Å². The molecule has 0 bridgehead atoms. The van der Waals surface area contributed by atoms with Crippen LogP contribution in [0, 0.1) is 0 Å². The number of aliphatic hydroxyl groups is 1. The Morgan fingerprint density at radius 2 is 1.80 bits per heavy atom. The summed E-state index contributed by atoms with van der Waals surface area (Å²) >= 11 is 0. The van der Waals surface area contributed by atoms with E-state index in [2.05, 4.69) is 22.9 Å². The Kier molecular flexibility index (Phi) is 12.9. The Balaban J connectivity index is 1.52. The number of unbranched alkanes of at least 4 members (excludes halogenated alkanes) is 2. The standard InChI is InChI=1S/C35H51N5O4/c1-3-5-12-19-36-29-22-27(23-30(24-29)40-20-13-18-33(40)42)34(43)38-31(21-26-14-8-6-9-15-26)32(41)25-39(4-2)35(44)37-28-16-10-7-11-17-28/h6,8-9,14-15,22-24,28,31-32,36,41H,3-5,7,10-13,16-21,25H2,1-2H3,(H,37,44)(H,38,43). The zero-order valence-electron chi connectivity index (χ0n) is 26.5. The van der Waals surface area contributed by atoms with Gasteiger partial charge in [0.25, 0.3) is 5.91 Å².